The third-order valence-corrected chi connectivity index (χ3v) is 4.89. The Morgan fingerprint density at radius 3 is 2.29 bits per heavy atom. The van der Waals surface area contributed by atoms with Crippen LogP contribution in [0, 0.1) is 11.3 Å². The van der Waals surface area contributed by atoms with Crippen LogP contribution in [-0.4, -0.2) is 40.2 Å². The van der Waals surface area contributed by atoms with Crippen molar-refractivity contribution in [2.45, 2.75) is 44.9 Å². The maximum atomic E-state index is 12.9. The fraction of sp³-hybridized carbons (Fsp3) is 0.259. The molecule has 0 aliphatic rings. The van der Waals surface area contributed by atoms with E-state index in [9.17, 15) is 14.9 Å². The number of benzene rings is 2. The minimum absolute atomic E-state index is 0.264. The lowest BCUT2D eigenvalue weighted by Crippen LogP contribution is -2.48. The number of ether oxygens (including phenoxy) is 1. The van der Waals surface area contributed by atoms with Crippen LogP contribution in [0.5, 0.6) is 0 Å². The van der Waals surface area contributed by atoms with Crippen molar-refractivity contribution in [2.24, 2.45) is 0 Å². The number of esters is 1. The highest BCUT2D eigenvalue weighted by atomic mass is 16.7. The number of hydroxylamine groups is 2. The Hall–Kier alpha value is -4.02. The quantitative estimate of drug-likeness (QED) is 0.265. The second-order valence-electron chi connectivity index (χ2n) is 8.67. The molecule has 3 rings (SSSR count). The molecule has 1 aromatic heterocycles. The van der Waals surface area contributed by atoms with E-state index in [1.54, 1.807) is 51.2 Å². The molecule has 0 spiro atoms. The third kappa shape index (κ3) is 6.74. The first-order valence-electron chi connectivity index (χ1n) is 10.9. The van der Waals surface area contributed by atoms with Crippen molar-refractivity contribution in [1.29, 1.82) is 5.26 Å². The molecule has 2 atom stereocenters. The topological polar surface area (TPSA) is 92.5 Å². The molecule has 0 saturated heterocycles. The Morgan fingerprint density at radius 2 is 1.74 bits per heavy atom. The molecule has 34 heavy (non-hydrogen) atoms. The molecule has 0 bridgehead atoms. The van der Waals surface area contributed by atoms with E-state index in [1.807, 2.05) is 54.6 Å². The largest absolute Gasteiger partial charge is 0.441 e. The van der Waals surface area contributed by atoms with Gasteiger partial charge >= 0.3 is 5.97 Å². The van der Waals surface area contributed by atoms with Gasteiger partial charge in [0.05, 0.1) is 16.9 Å². The van der Waals surface area contributed by atoms with E-state index < -0.39 is 23.7 Å². The number of carbonyl (C=O) groups is 2. The minimum Gasteiger partial charge on any atom is -0.441 e. The number of rotatable bonds is 9. The van der Waals surface area contributed by atoms with E-state index >= 15 is 0 Å². The lowest BCUT2D eigenvalue weighted by molar-refractivity contribution is -0.239. The molecule has 1 heterocycles. The highest BCUT2D eigenvalue weighted by molar-refractivity contribution is 5.90. The van der Waals surface area contributed by atoms with Gasteiger partial charge in [0.1, 0.15) is 12.1 Å². The fourth-order valence-corrected chi connectivity index (χ4v) is 3.35. The molecule has 0 aliphatic carbocycles. The standard InChI is InChI=1S/C27H27N3O4/c1-27(2,3)34-30(19-31)24(17-20-9-5-4-6-10-20)25(18-28)33-26(32)22-14-12-21(13-15-22)23-11-7-8-16-29-23/h4-16,19,24-25H,17H2,1-3H3. The highest BCUT2D eigenvalue weighted by Crippen LogP contribution is 2.21. The van der Waals surface area contributed by atoms with E-state index in [4.69, 9.17) is 9.57 Å². The van der Waals surface area contributed by atoms with Crippen molar-refractivity contribution >= 4 is 12.4 Å². The lowest BCUT2D eigenvalue weighted by Gasteiger charge is -2.34. The first-order chi connectivity index (χ1) is 16.3. The van der Waals surface area contributed by atoms with Gasteiger partial charge in [-0.3, -0.25) is 14.6 Å². The van der Waals surface area contributed by atoms with E-state index in [0.29, 0.717) is 6.41 Å². The first kappa shape index (κ1) is 24.6. The highest BCUT2D eigenvalue weighted by Gasteiger charge is 2.34. The number of nitriles is 1. The van der Waals surface area contributed by atoms with Crippen molar-refractivity contribution < 1.29 is 19.2 Å². The molecule has 2 unspecified atom stereocenters. The third-order valence-electron chi connectivity index (χ3n) is 4.89. The van der Waals surface area contributed by atoms with Crippen LogP contribution in [0.15, 0.2) is 79.0 Å². The molecule has 0 saturated carbocycles. The van der Waals surface area contributed by atoms with Gasteiger partial charge in [-0.2, -0.15) is 5.26 Å². The van der Waals surface area contributed by atoms with Crippen LogP contribution in [0.2, 0.25) is 0 Å². The summed E-state index contributed by atoms with van der Waals surface area (Å²) in [5.41, 5.74) is 2.09. The maximum Gasteiger partial charge on any atom is 0.339 e. The molecule has 1 amide bonds. The summed E-state index contributed by atoms with van der Waals surface area (Å²) in [7, 11) is 0. The summed E-state index contributed by atoms with van der Waals surface area (Å²) in [6, 6.07) is 22.9. The van der Waals surface area contributed by atoms with E-state index in [2.05, 4.69) is 4.98 Å². The monoisotopic (exact) mass is 457 g/mol. The molecule has 2 aromatic carbocycles. The summed E-state index contributed by atoms with van der Waals surface area (Å²) in [5.74, 6) is -0.668. The number of carbonyl (C=O) groups excluding carboxylic acids is 2. The number of hydrogen-bond donors (Lipinski definition) is 0. The van der Waals surface area contributed by atoms with Gasteiger partial charge in [0.15, 0.2) is 0 Å². The van der Waals surface area contributed by atoms with E-state index in [0.717, 1.165) is 21.9 Å². The van der Waals surface area contributed by atoms with Crippen LogP contribution < -0.4 is 0 Å². The molecule has 0 fully saturated rings. The zero-order chi connectivity index (χ0) is 24.6. The first-order valence-corrected chi connectivity index (χ1v) is 10.9. The summed E-state index contributed by atoms with van der Waals surface area (Å²) in [6.07, 6.45) is 1.22. The van der Waals surface area contributed by atoms with Crippen LogP contribution >= 0.6 is 0 Å². The molecule has 7 nitrogen and oxygen atoms in total. The van der Waals surface area contributed by atoms with Crippen LogP contribution in [-0.2, 0) is 20.8 Å². The predicted molar refractivity (Wildman–Crippen MR) is 127 cm³/mol. The normalized spacial score (nSPS) is 12.8. The van der Waals surface area contributed by atoms with Crippen LogP contribution in [0.4, 0.5) is 0 Å². The minimum atomic E-state index is -1.25. The molecule has 0 N–H and O–H groups in total. The van der Waals surface area contributed by atoms with Crippen molar-refractivity contribution in [3.63, 3.8) is 0 Å². The molecular formula is C27H27N3O4. The zero-order valence-corrected chi connectivity index (χ0v) is 19.4. The van der Waals surface area contributed by atoms with Gasteiger partial charge in [-0.25, -0.2) is 9.86 Å². The van der Waals surface area contributed by atoms with Gasteiger partial charge in [-0.1, -0.05) is 48.5 Å². The van der Waals surface area contributed by atoms with Crippen LogP contribution in [0.3, 0.4) is 0 Å². The van der Waals surface area contributed by atoms with Gasteiger partial charge in [-0.15, -0.1) is 0 Å². The van der Waals surface area contributed by atoms with Crippen molar-refractivity contribution in [2.75, 3.05) is 0 Å². The number of nitrogens with zero attached hydrogens (tertiary/aromatic N) is 3. The Morgan fingerprint density at radius 1 is 1.06 bits per heavy atom. The number of aromatic nitrogens is 1. The van der Waals surface area contributed by atoms with Crippen LogP contribution in [0.25, 0.3) is 11.3 Å². The summed E-state index contributed by atoms with van der Waals surface area (Å²) < 4.78 is 5.57. The van der Waals surface area contributed by atoms with Gasteiger partial charge in [0.2, 0.25) is 12.5 Å². The van der Waals surface area contributed by atoms with Gasteiger partial charge in [0.25, 0.3) is 0 Å². The molecule has 0 radical (unpaired) electrons. The van der Waals surface area contributed by atoms with E-state index in [1.165, 1.54) is 0 Å². The Balaban J connectivity index is 1.82. The Kier molecular flexibility index (Phi) is 8.12. The smallest absolute Gasteiger partial charge is 0.339 e. The number of hydrogen-bond acceptors (Lipinski definition) is 6. The van der Waals surface area contributed by atoms with Crippen molar-refractivity contribution in [3.05, 3.63) is 90.1 Å². The fourth-order valence-electron chi connectivity index (χ4n) is 3.35. The second-order valence-corrected chi connectivity index (χ2v) is 8.67. The molecule has 174 valence electrons. The molecule has 3 aromatic rings. The average molecular weight is 458 g/mol. The summed E-state index contributed by atoms with van der Waals surface area (Å²) in [4.78, 5) is 34.9. The molecular weight excluding hydrogens is 430 g/mol. The SMILES string of the molecule is CC(C)(C)ON(C=O)C(Cc1ccccc1)C(C#N)OC(=O)c1ccc(-c2ccccn2)cc1. The average Bonchev–Trinajstić information content (AvgIpc) is 2.85. The maximum absolute atomic E-state index is 12.9. The molecule has 0 aliphatic heterocycles. The summed E-state index contributed by atoms with van der Waals surface area (Å²) >= 11 is 0. The van der Waals surface area contributed by atoms with Gasteiger partial charge in [0, 0.05) is 18.2 Å². The summed E-state index contributed by atoms with van der Waals surface area (Å²) in [6.45, 7) is 5.37. The van der Waals surface area contributed by atoms with Crippen LogP contribution in [0.1, 0.15) is 36.7 Å². The van der Waals surface area contributed by atoms with Gasteiger partial charge < -0.3 is 4.74 Å². The Bertz CT molecular complexity index is 1120. The van der Waals surface area contributed by atoms with Crippen molar-refractivity contribution in [3.8, 4) is 17.3 Å². The zero-order valence-electron chi connectivity index (χ0n) is 19.4. The van der Waals surface area contributed by atoms with Gasteiger partial charge in [-0.05, 0) is 50.6 Å². The second kappa shape index (κ2) is 11.2. The lowest BCUT2D eigenvalue weighted by atomic mass is 10.0. The number of pyridine rings is 1. The van der Waals surface area contributed by atoms with E-state index in [-0.39, 0.29) is 12.0 Å². The Labute approximate surface area is 199 Å². The number of amides is 1. The summed E-state index contributed by atoms with van der Waals surface area (Å²) in [5, 5.41) is 10.9. The predicted octanol–water partition coefficient (Wildman–Crippen LogP) is 4.60. The van der Waals surface area contributed by atoms with Crippen molar-refractivity contribution in [1.82, 2.24) is 10.0 Å². The molecule has 7 heteroatoms.